The van der Waals surface area contributed by atoms with Gasteiger partial charge in [0.15, 0.2) is 0 Å². The molecule has 0 aromatic carbocycles. The molecule has 0 saturated carbocycles. The van der Waals surface area contributed by atoms with E-state index in [1.165, 1.54) is 4.88 Å². The maximum Gasteiger partial charge on any atom is 0.223 e. The van der Waals surface area contributed by atoms with E-state index in [2.05, 4.69) is 21.5 Å². The van der Waals surface area contributed by atoms with E-state index in [4.69, 9.17) is 0 Å². The summed E-state index contributed by atoms with van der Waals surface area (Å²) < 4.78 is 1.82. The fourth-order valence-electron chi connectivity index (χ4n) is 2.06. The second-order valence-electron chi connectivity index (χ2n) is 4.90. The van der Waals surface area contributed by atoms with Crippen LogP contribution in [-0.2, 0) is 17.8 Å². The molecule has 2 heterocycles. The van der Waals surface area contributed by atoms with Crippen LogP contribution in [0, 0.1) is 19.8 Å². The lowest BCUT2D eigenvalue weighted by Crippen LogP contribution is -2.33. The second-order valence-corrected chi connectivity index (χ2v) is 5.94. The Morgan fingerprint density at radius 1 is 1.50 bits per heavy atom. The molecule has 2 rings (SSSR count). The Hall–Kier alpha value is -1.69. The van der Waals surface area contributed by atoms with Gasteiger partial charge in [0, 0.05) is 17.3 Å². The van der Waals surface area contributed by atoms with E-state index >= 15 is 0 Å². The van der Waals surface area contributed by atoms with Gasteiger partial charge in [0.05, 0.1) is 6.54 Å². The van der Waals surface area contributed by atoms with Crippen molar-refractivity contribution in [3.05, 3.63) is 34.0 Å². The standard InChI is InChI=1S/C14H20N4OS/c1-10(9-13-5-4-8-20-13)14(19)15-6-7-18-12(3)16-11(2)17-18/h4-5,8,10H,6-7,9H2,1-3H3,(H,15,19)/t10-/m1/s1. The third kappa shape index (κ3) is 3.90. The molecule has 0 fully saturated rings. The summed E-state index contributed by atoms with van der Waals surface area (Å²) in [5.41, 5.74) is 0. The molecule has 5 nitrogen and oxygen atoms in total. The summed E-state index contributed by atoms with van der Waals surface area (Å²) in [5.74, 6) is 1.73. The zero-order valence-corrected chi connectivity index (χ0v) is 12.9. The number of hydrogen-bond donors (Lipinski definition) is 1. The number of amides is 1. The van der Waals surface area contributed by atoms with Gasteiger partial charge in [0.1, 0.15) is 11.6 Å². The summed E-state index contributed by atoms with van der Waals surface area (Å²) in [7, 11) is 0. The highest BCUT2D eigenvalue weighted by Gasteiger charge is 2.13. The van der Waals surface area contributed by atoms with Crippen LogP contribution < -0.4 is 5.32 Å². The highest BCUT2D eigenvalue weighted by molar-refractivity contribution is 7.09. The largest absolute Gasteiger partial charge is 0.354 e. The lowest BCUT2D eigenvalue weighted by Gasteiger charge is -2.11. The Morgan fingerprint density at radius 2 is 2.30 bits per heavy atom. The molecule has 2 aromatic rings. The Labute approximate surface area is 123 Å². The van der Waals surface area contributed by atoms with Crippen LogP contribution in [0.3, 0.4) is 0 Å². The highest BCUT2D eigenvalue weighted by Crippen LogP contribution is 2.14. The van der Waals surface area contributed by atoms with Gasteiger partial charge in [-0.15, -0.1) is 11.3 Å². The molecule has 20 heavy (non-hydrogen) atoms. The molecule has 1 amide bonds. The van der Waals surface area contributed by atoms with Gasteiger partial charge in [-0.3, -0.25) is 4.79 Å². The van der Waals surface area contributed by atoms with Crippen molar-refractivity contribution in [2.45, 2.75) is 33.7 Å². The van der Waals surface area contributed by atoms with Gasteiger partial charge < -0.3 is 5.32 Å². The Balaban J connectivity index is 1.76. The van der Waals surface area contributed by atoms with Gasteiger partial charge in [0.2, 0.25) is 5.91 Å². The van der Waals surface area contributed by atoms with E-state index in [9.17, 15) is 4.79 Å². The molecular weight excluding hydrogens is 272 g/mol. The molecule has 108 valence electrons. The third-order valence-corrected chi connectivity index (χ3v) is 4.02. The van der Waals surface area contributed by atoms with Crippen LogP contribution in [0.1, 0.15) is 23.4 Å². The van der Waals surface area contributed by atoms with E-state index in [1.807, 2.05) is 36.9 Å². The summed E-state index contributed by atoms with van der Waals surface area (Å²) in [6, 6.07) is 4.08. The topological polar surface area (TPSA) is 59.8 Å². The molecule has 0 aliphatic heterocycles. The zero-order valence-electron chi connectivity index (χ0n) is 12.1. The summed E-state index contributed by atoms with van der Waals surface area (Å²) in [6.45, 7) is 6.98. The van der Waals surface area contributed by atoms with Crippen molar-refractivity contribution < 1.29 is 4.79 Å². The van der Waals surface area contributed by atoms with Crippen molar-refractivity contribution in [1.82, 2.24) is 20.1 Å². The molecule has 2 aromatic heterocycles. The highest BCUT2D eigenvalue weighted by atomic mass is 32.1. The first-order valence-corrected chi connectivity index (χ1v) is 7.62. The van der Waals surface area contributed by atoms with Gasteiger partial charge in [0.25, 0.3) is 0 Å². The first-order valence-electron chi connectivity index (χ1n) is 6.74. The number of aryl methyl sites for hydroxylation is 2. The Morgan fingerprint density at radius 3 is 2.90 bits per heavy atom. The van der Waals surface area contributed by atoms with Gasteiger partial charge in [-0.05, 0) is 31.7 Å². The number of nitrogens with zero attached hydrogens (tertiary/aromatic N) is 3. The van der Waals surface area contributed by atoms with Crippen molar-refractivity contribution in [3.8, 4) is 0 Å². The molecule has 0 radical (unpaired) electrons. The second kappa shape index (κ2) is 6.65. The van der Waals surface area contributed by atoms with Crippen LogP contribution in [-0.4, -0.2) is 27.2 Å². The zero-order chi connectivity index (χ0) is 14.5. The monoisotopic (exact) mass is 292 g/mol. The predicted octanol–water partition coefficient (Wildman–Crippen LogP) is 1.95. The molecule has 1 N–H and O–H groups in total. The van der Waals surface area contributed by atoms with Gasteiger partial charge >= 0.3 is 0 Å². The van der Waals surface area contributed by atoms with Crippen LogP contribution in [0.2, 0.25) is 0 Å². The fourth-order valence-corrected chi connectivity index (χ4v) is 2.89. The SMILES string of the molecule is Cc1nc(C)n(CCNC(=O)[C@H](C)Cc2cccs2)n1. The quantitative estimate of drug-likeness (QED) is 0.885. The first kappa shape index (κ1) is 14.7. The number of carbonyl (C=O) groups excluding carboxylic acids is 1. The molecular formula is C14H20N4OS. The van der Waals surface area contributed by atoms with E-state index in [0.29, 0.717) is 13.1 Å². The minimum Gasteiger partial charge on any atom is -0.354 e. The van der Waals surface area contributed by atoms with Crippen molar-refractivity contribution in [3.63, 3.8) is 0 Å². The summed E-state index contributed by atoms with van der Waals surface area (Å²) in [5, 5.41) is 9.26. The maximum atomic E-state index is 12.0. The Bertz CT molecular complexity index is 562. The molecule has 0 unspecified atom stereocenters. The van der Waals surface area contributed by atoms with Crippen LogP contribution in [0.25, 0.3) is 0 Å². The first-order chi connectivity index (χ1) is 9.56. The molecule has 1 atom stereocenters. The molecule has 0 bridgehead atoms. The van der Waals surface area contributed by atoms with Crippen molar-refractivity contribution in [2.24, 2.45) is 5.92 Å². The van der Waals surface area contributed by atoms with Gasteiger partial charge in [-0.25, -0.2) is 9.67 Å². The smallest absolute Gasteiger partial charge is 0.223 e. The van der Waals surface area contributed by atoms with E-state index in [1.54, 1.807) is 11.3 Å². The average molecular weight is 292 g/mol. The maximum absolute atomic E-state index is 12.0. The number of nitrogens with one attached hydrogen (secondary N) is 1. The number of carbonyl (C=O) groups is 1. The summed E-state index contributed by atoms with van der Waals surface area (Å²) >= 11 is 1.69. The van der Waals surface area contributed by atoms with Gasteiger partial charge in [-0.2, -0.15) is 5.10 Å². The lowest BCUT2D eigenvalue weighted by atomic mass is 10.1. The lowest BCUT2D eigenvalue weighted by molar-refractivity contribution is -0.124. The molecule has 0 spiro atoms. The number of rotatable bonds is 6. The average Bonchev–Trinajstić information content (AvgIpc) is 2.99. The minimum atomic E-state index is -0.00719. The Kier molecular flexibility index (Phi) is 4.89. The molecule has 6 heteroatoms. The van der Waals surface area contributed by atoms with Crippen molar-refractivity contribution >= 4 is 17.2 Å². The number of hydrogen-bond acceptors (Lipinski definition) is 4. The predicted molar refractivity (Wildman–Crippen MR) is 79.7 cm³/mol. The fraction of sp³-hybridized carbons (Fsp3) is 0.500. The molecule has 0 aliphatic rings. The summed E-state index contributed by atoms with van der Waals surface area (Å²) in [6.07, 6.45) is 0.797. The van der Waals surface area contributed by atoms with Gasteiger partial charge in [-0.1, -0.05) is 13.0 Å². The van der Waals surface area contributed by atoms with Crippen molar-refractivity contribution in [1.29, 1.82) is 0 Å². The molecule has 0 saturated heterocycles. The minimum absolute atomic E-state index is 0.00719. The summed E-state index contributed by atoms with van der Waals surface area (Å²) in [4.78, 5) is 17.5. The van der Waals surface area contributed by atoms with E-state index < -0.39 is 0 Å². The van der Waals surface area contributed by atoms with Crippen molar-refractivity contribution in [2.75, 3.05) is 6.54 Å². The van der Waals surface area contributed by atoms with Crippen LogP contribution in [0.15, 0.2) is 17.5 Å². The molecule has 0 aliphatic carbocycles. The van der Waals surface area contributed by atoms with Crippen LogP contribution in [0.4, 0.5) is 0 Å². The van der Waals surface area contributed by atoms with E-state index in [-0.39, 0.29) is 11.8 Å². The number of thiophene rings is 1. The van der Waals surface area contributed by atoms with Crippen LogP contribution in [0.5, 0.6) is 0 Å². The van der Waals surface area contributed by atoms with Crippen LogP contribution >= 0.6 is 11.3 Å². The normalized spacial score (nSPS) is 12.3. The third-order valence-electron chi connectivity index (χ3n) is 3.12. The van der Waals surface area contributed by atoms with E-state index in [0.717, 1.165) is 18.1 Å². The number of aromatic nitrogens is 3.